The number of phenolic OH excluding ortho intramolecular Hbond substituents is 2. The average molecular weight is 519 g/mol. The highest BCUT2D eigenvalue weighted by molar-refractivity contribution is 5.85. The lowest BCUT2D eigenvalue weighted by Gasteiger charge is -2.24. The normalized spacial score (nSPS) is 20.2. The summed E-state index contributed by atoms with van der Waals surface area (Å²) in [6.07, 6.45) is 9.87. The summed E-state index contributed by atoms with van der Waals surface area (Å²) in [6, 6.07) is 9.06. The summed E-state index contributed by atoms with van der Waals surface area (Å²) < 4.78 is 0. The topological polar surface area (TPSA) is 65.2 Å². The predicted molar refractivity (Wildman–Crippen MR) is 163 cm³/mol. The van der Waals surface area contributed by atoms with E-state index in [4.69, 9.17) is 9.98 Å². The standard InChI is InChI=1S/C34H50N2O2/c1-9-23(7)25-15-27(33(37)31(17-25)21(3)4)19-35-29-11-13-30(14-12-29)36-20-28-16-26(24(8)10-2)18-32(22(5)6)34(28)38/h15-24,29-30,37-38H,9-14H2,1-8H3. The lowest BCUT2D eigenvalue weighted by atomic mass is 9.89. The first-order chi connectivity index (χ1) is 18.0. The number of hydrogen-bond acceptors (Lipinski definition) is 4. The van der Waals surface area contributed by atoms with Gasteiger partial charge < -0.3 is 10.2 Å². The van der Waals surface area contributed by atoms with E-state index in [2.05, 4.69) is 79.7 Å². The number of aromatic hydroxyl groups is 2. The monoisotopic (exact) mass is 518 g/mol. The van der Waals surface area contributed by atoms with Crippen LogP contribution in [0.25, 0.3) is 0 Å². The molecular weight excluding hydrogens is 468 g/mol. The number of phenols is 2. The molecule has 1 aliphatic carbocycles. The molecule has 208 valence electrons. The van der Waals surface area contributed by atoms with Gasteiger partial charge in [-0.3, -0.25) is 9.98 Å². The van der Waals surface area contributed by atoms with E-state index in [1.807, 2.05) is 12.4 Å². The van der Waals surface area contributed by atoms with E-state index in [1.54, 1.807) is 0 Å². The summed E-state index contributed by atoms with van der Waals surface area (Å²) in [6.45, 7) is 17.4. The summed E-state index contributed by atoms with van der Waals surface area (Å²) in [5, 5.41) is 21.8. The molecule has 0 bridgehead atoms. The first-order valence-corrected chi connectivity index (χ1v) is 14.8. The van der Waals surface area contributed by atoms with Crippen LogP contribution in [0.1, 0.15) is 151 Å². The van der Waals surface area contributed by atoms with Crippen LogP contribution >= 0.6 is 0 Å². The van der Waals surface area contributed by atoms with Gasteiger partial charge in [0, 0.05) is 23.6 Å². The molecular formula is C34H50N2O2. The Balaban J connectivity index is 1.70. The second kappa shape index (κ2) is 13.4. The van der Waals surface area contributed by atoms with Gasteiger partial charge in [-0.1, -0.05) is 67.5 Å². The molecule has 0 aromatic heterocycles. The molecule has 2 atom stereocenters. The summed E-state index contributed by atoms with van der Waals surface area (Å²) in [4.78, 5) is 9.80. The molecule has 2 unspecified atom stereocenters. The lowest BCUT2D eigenvalue weighted by Crippen LogP contribution is -2.20. The van der Waals surface area contributed by atoms with E-state index in [0.29, 0.717) is 23.3 Å². The Morgan fingerprint density at radius 1 is 0.658 bits per heavy atom. The van der Waals surface area contributed by atoms with E-state index in [9.17, 15) is 10.2 Å². The van der Waals surface area contributed by atoms with Gasteiger partial charge in [-0.05, 0) is 96.6 Å². The van der Waals surface area contributed by atoms with Crippen LogP contribution < -0.4 is 0 Å². The molecule has 0 heterocycles. The molecule has 1 aliphatic rings. The van der Waals surface area contributed by atoms with Crippen LogP contribution in [-0.4, -0.2) is 34.7 Å². The summed E-state index contributed by atoms with van der Waals surface area (Å²) >= 11 is 0. The minimum atomic E-state index is 0.255. The molecule has 1 fully saturated rings. The van der Waals surface area contributed by atoms with Crippen molar-refractivity contribution in [2.75, 3.05) is 0 Å². The number of nitrogens with zero attached hydrogens (tertiary/aromatic N) is 2. The van der Waals surface area contributed by atoms with Crippen molar-refractivity contribution in [2.45, 2.75) is 130 Å². The van der Waals surface area contributed by atoms with E-state index in [1.165, 1.54) is 11.1 Å². The van der Waals surface area contributed by atoms with Gasteiger partial charge in [0.1, 0.15) is 11.5 Å². The number of benzene rings is 2. The second-order valence-electron chi connectivity index (χ2n) is 12.0. The van der Waals surface area contributed by atoms with Crippen LogP contribution in [0.4, 0.5) is 0 Å². The minimum absolute atomic E-state index is 0.255. The number of rotatable bonds is 10. The first-order valence-electron chi connectivity index (χ1n) is 14.8. The summed E-state index contributed by atoms with van der Waals surface area (Å²) in [5.41, 5.74) is 6.23. The molecule has 38 heavy (non-hydrogen) atoms. The largest absolute Gasteiger partial charge is 0.507 e. The lowest BCUT2D eigenvalue weighted by molar-refractivity contribution is 0.399. The molecule has 0 saturated heterocycles. The van der Waals surface area contributed by atoms with Crippen molar-refractivity contribution < 1.29 is 10.2 Å². The molecule has 0 spiro atoms. The van der Waals surface area contributed by atoms with Crippen molar-refractivity contribution in [3.8, 4) is 11.5 Å². The molecule has 0 amide bonds. The maximum atomic E-state index is 10.9. The highest BCUT2D eigenvalue weighted by Gasteiger charge is 2.21. The Kier molecular flexibility index (Phi) is 10.6. The molecule has 2 aromatic carbocycles. The van der Waals surface area contributed by atoms with Crippen LogP contribution in [0.5, 0.6) is 11.5 Å². The summed E-state index contributed by atoms with van der Waals surface area (Å²) in [7, 11) is 0. The van der Waals surface area contributed by atoms with Gasteiger partial charge in [-0.25, -0.2) is 0 Å². The highest BCUT2D eigenvalue weighted by Crippen LogP contribution is 2.35. The maximum Gasteiger partial charge on any atom is 0.127 e. The van der Waals surface area contributed by atoms with Crippen LogP contribution in [0.2, 0.25) is 0 Å². The number of hydrogen-bond donors (Lipinski definition) is 2. The Hall–Kier alpha value is -2.62. The van der Waals surface area contributed by atoms with Crippen molar-refractivity contribution in [1.82, 2.24) is 0 Å². The predicted octanol–water partition coefficient (Wildman–Crippen LogP) is 9.22. The van der Waals surface area contributed by atoms with Gasteiger partial charge in [0.2, 0.25) is 0 Å². The van der Waals surface area contributed by atoms with Gasteiger partial charge >= 0.3 is 0 Å². The molecule has 2 N–H and O–H groups in total. The minimum Gasteiger partial charge on any atom is -0.507 e. The second-order valence-corrected chi connectivity index (χ2v) is 12.0. The van der Waals surface area contributed by atoms with Crippen LogP contribution in [0.3, 0.4) is 0 Å². The van der Waals surface area contributed by atoms with Crippen molar-refractivity contribution in [1.29, 1.82) is 0 Å². The maximum absolute atomic E-state index is 10.9. The SMILES string of the molecule is CCC(C)c1cc(C=NC2CCC(N=Cc3cc(C(C)CC)cc(C(C)C)c3O)CC2)c(O)c(C(C)C)c1. The fourth-order valence-electron chi connectivity index (χ4n) is 5.25. The Morgan fingerprint density at radius 3 is 1.29 bits per heavy atom. The van der Waals surface area contributed by atoms with E-state index in [0.717, 1.165) is 60.8 Å². The third-order valence-electron chi connectivity index (χ3n) is 8.50. The zero-order valence-corrected chi connectivity index (χ0v) is 25.0. The third-order valence-corrected chi connectivity index (χ3v) is 8.50. The van der Waals surface area contributed by atoms with Gasteiger partial charge in [0.25, 0.3) is 0 Å². The van der Waals surface area contributed by atoms with Crippen molar-refractivity contribution in [2.24, 2.45) is 9.98 Å². The van der Waals surface area contributed by atoms with Gasteiger partial charge in [0.15, 0.2) is 0 Å². The quantitative estimate of drug-likeness (QED) is 0.308. The van der Waals surface area contributed by atoms with Gasteiger partial charge in [-0.2, -0.15) is 0 Å². The van der Waals surface area contributed by atoms with Crippen LogP contribution in [-0.2, 0) is 0 Å². The molecule has 1 saturated carbocycles. The third kappa shape index (κ3) is 7.27. The Labute approximate surface area is 231 Å². The molecule has 4 heteroatoms. The van der Waals surface area contributed by atoms with Crippen molar-refractivity contribution in [3.63, 3.8) is 0 Å². The zero-order valence-electron chi connectivity index (χ0n) is 25.0. The van der Waals surface area contributed by atoms with Gasteiger partial charge in [-0.15, -0.1) is 0 Å². The molecule has 3 rings (SSSR count). The fourth-order valence-corrected chi connectivity index (χ4v) is 5.25. The summed E-state index contributed by atoms with van der Waals surface area (Å²) in [5.74, 6) is 2.18. The fraction of sp³-hybridized carbons (Fsp3) is 0.588. The van der Waals surface area contributed by atoms with Crippen LogP contribution in [0.15, 0.2) is 34.3 Å². The van der Waals surface area contributed by atoms with E-state index in [-0.39, 0.29) is 23.9 Å². The zero-order chi connectivity index (χ0) is 28.0. The van der Waals surface area contributed by atoms with Crippen molar-refractivity contribution >= 4 is 12.4 Å². The Morgan fingerprint density at radius 2 is 1.00 bits per heavy atom. The van der Waals surface area contributed by atoms with Gasteiger partial charge in [0.05, 0.1) is 12.1 Å². The van der Waals surface area contributed by atoms with Crippen molar-refractivity contribution in [3.05, 3.63) is 57.6 Å². The number of aliphatic imine (C=N–C) groups is 2. The smallest absolute Gasteiger partial charge is 0.127 e. The van der Waals surface area contributed by atoms with E-state index >= 15 is 0 Å². The van der Waals surface area contributed by atoms with E-state index < -0.39 is 0 Å². The highest BCUT2D eigenvalue weighted by atomic mass is 16.3. The van der Waals surface area contributed by atoms with Crippen LogP contribution in [0, 0.1) is 0 Å². The Bertz CT molecular complexity index is 1030. The molecule has 4 nitrogen and oxygen atoms in total. The first kappa shape index (κ1) is 29.9. The molecule has 2 aromatic rings. The molecule has 0 aliphatic heterocycles. The molecule has 0 radical (unpaired) electrons. The average Bonchev–Trinajstić information content (AvgIpc) is 2.91.